The Morgan fingerprint density at radius 3 is 2.65 bits per heavy atom. The van der Waals surface area contributed by atoms with Gasteiger partial charge in [0.2, 0.25) is 5.91 Å². The second-order valence-corrected chi connectivity index (χ2v) is 6.52. The fourth-order valence-electron chi connectivity index (χ4n) is 3.04. The predicted octanol–water partition coefficient (Wildman–Crippen LogP) is 1.35. The first-order chi connectivity index (χ1) is 12.4. The van der Waals surface area contributed by atoms with E-state index in [4.69, 9.17) is 10.5 Å². The zero-order valence-electron chi connectivity index (χ0n) is 14.9. The normalized spacial score (nSPS) is 20.0. The summed E-state index contributed by atoms with van der Waals surface area (Å²) in [4.78, 5) is 26.5. The average Bonchev–Trinajstić information content (AvgIpc) is 3.01. The molecule has 2 atom stereocenters. The van der Waals surface area contributed by atoms with Crippen molar-refractivity contribution in [1.29, 1.82) is 0 Å². The number of carbonyl (C=O) groups excluding carboxylic acids is 2. The molecule has 1 saturated heterocycles. The first-order valence-corrected chi connectivity index (χ1v) is 8.54. The van der Waals surface area contributed by atoms with E-state index in [1.54, 1.807) is 35.4 Å². The molecule has 3 N–H and O–H groups in total. The van der Waals surface area contributed by atoms with Crippen molar-refractivity contribution in [3.05, 3.63) is 42.2 Å². The van der Waals surface area contributed by atoms with Crippen molar-refractivity contribution in [1.82, 2.24) is 14.7 Å². The molecular formula is C18H23N5O3. The standard InChI is InChI=1S/C18H23N5O3/c1-12-8-22(9-13(2)26-12)17(24)11-23-10-14(7-20-23)21-18(25)15-5-3-4-6-16(15)19/h3-7,10,12-13H,8-9,11,19H2,1-2H3,(H,21,25). The van der Waals surface area contributed by atoms with Crippen molar-refractivity contribution >= 4 is 23.2 Å². The number of aromatic nitrogens is 2. The van der Waals surface area contributed by atoms with Gasteiger partial charge in [0.15, 0.2) is 0 Å². The maximum atomic E-state index is 12.5. The van der Waals surface area contributed by atoms with Crippen molar-refractivity contribution in [3.63, 3.8) is 0 Å². The van der Waals surface area contributed by atoms with E-state index in [2.05, 4.69) is 10.4 Å². The number of nitrogens with two attached hydrogens (primary N) is 1. The van der Waals surface area contributed by atoms with Gasteiger partial charge >= 0.3 is 0 Å². The number of benzene rings is 1. The topological polar surface area (TPSA) is 102 Å². The maximum absolute atomic E-state index is 12.5. The minimum atomic E-state index is -0.315. The molecule has 138 valence electrons. The lowest BCUT2D eigenvalue weighted by Gasteiger charge is -2.35. The summed E-state index contributed by atoms with van der Waals surface area (Å²) in [7, 11) is 0. The monoisotopic (exact) mass is 357 g/mol. The summed E-state index contributed by atoms with van der Waals surface area (Å²) in [6.45, 7) is 5.16. The molecule has 2 aromatic rings. The molecule has 0 bridgehead atoms. The van der Waals surface area contributed by atoms with Crippen molar-refractivity contribution in [2.45, 2.75) is 32.6 Å². The zero-order chi connectivity index (χ0) is 18.7. The van der Waals surface area contributed by atoms with Crippen molar-refractivity contribution < 1.29 is 14.3 Å². The Kier molecular flexibility index (Phi) is 5.22. The molecule has 1 aromatic carbocycles. The second kappa shape index (κ2) is 7.57. The van der Waals surface area contributed by atoms with E-state index in [0.717, 1.165) is 0 Å². The van der Waals surface area contributed by atoms with Gasteiger partial charge in [-0.15, -0.1) is 0 Å². The smallest absolute Gasteiger partial charge is 0.257 e. The third-order valence-electron chi connectivity index (χ3n) is 4.17. The molecule has 1 aliphatic rings. The summed E-state index contributed by atoms with van der Waals surface area (Å²) in [6.07, 6.45) is 3.18. The lowest BCUT2D eigenvalue weighted by Crippen LogP contribution is -2.49. The molecule has 0 saturated carbocycles. The summed E-state index contributed by atoms with van der Waals surface area (Å²) in [5.74, 6) is -0.343. The Morgan fingerprint density at radius 1 is 1.27 bits per heavy atom. The zero-order valence-corrected chi connectivity index (χ0v) is 14.9. The van der Waals surface area contributed by atoms with E-state index < -0.39 is 0 Å². The molecule has 0 spiro atoms. The number of amides is 2. The SMILES string of the molecule is CC1CN(C(=O)Cn2cc(NC(=O)c3ccccc3N)cn2)CC(C)O1. The van der Waals surface area contributed by atoms with Gasteiger partial charge in [-0.1, -0.05) is 12.1 Å². The van der Waals surface area contributed by atoms with Crippen LogP contribution in [0.5, 0.6) is 0 Å². The third kappa shape index (κ3) is 4.20. The van der Waals surface area contributed by atoms with Crippen LogP contribution in [-0.2, 0) is 16.1 Å². The van der Waals surface area contributed by atoms with Crippen LogP contribution < -0.4 is 11.1 Å². The van der Waals surface area contributed by atoms with E-state index in [1.807, 2.05) is 13.8 Å². The van der Waals surface area contributed by atoms with Gasteiger partial charge in [0.05, 0.1) is 29.7 Å². The fraction of sp³-hybridized carbons (Fsp3) is 0.389. The Labute approximate surface area is 151 Å². The number of carbonyl (C=O) groups is 2. The van der Waals surface area contributed by atoms with Gasteiger partial charge in [0.1, 0.15) is 6.54 Å². The third-order valence-corrected chi connectivity index (χ3v) is 4.17. The van der Waals surface area contributed by atoms with Gasteiger partial charge in [-0.05, 0) is 26.0 Å². The van der Waals surface area contributed by atoms with E-state index in [0.29, 0.717) is 30.0 Å². The van der Waals surface area contributed by atoms with Gasteiger partial charge in [0.25, 0.3) is 5.91 Å². The summed E-state index contributed by atoms with van der Waals surface area (Å²) < 4.78 is 7.15. The molecule has 3 rings (SSSR count). The molecular weight excluding hydrogens is 334 g/mol. The summed E-state index contributed by atoms with van der Waals surface area (Å²) in [6, 6.07) is 6.83. The Bertz CT molecular complexity index is 794. The molecule has 1 aromatic heterocycles. The molecule has 2 unspecified atom stereocenters. The number of nitrogens with one attached hydrogen (secondary N) is 1. The largest absolute Gasteiger partial charge is 0.398 e. The van der Waals surface area contributed by atoms with Crippen LogP contribution in [0.2, 0.25) is 0 Å². The number of morpholine rings is 1. The second-order valence-electron chi connectivity index (χ2n) is 6.52. The first-order valence-electron chi connectivity index (χ1n) is 8.54. The number of nitrogens with zero attached hydrogens (tertiary/aromatic N) is 3. The minimum Gasteiger partial charge on any atom is -0.398 e. The quantitative estimate of drug-likeness (QED) is 0.804. The summed E-state index contributed by atoms with van der Waals surface area (Å²) in [5.41, 5.74) is 7.12. The van der Waals surface area contributed by atoms with Gasteiger partial charge in [-0.2, -0.15) is 5.10 Å². The molecule has 0 radical (unpaired) electrons. The summed E-state index contributed by atoms with van der Waals surface area (Å²) >= 11 is 0. The molecule has 1 aliphatic heterocycles. The van der Waals surface area contributed by atoms with E-state index in [9.17, 15) is 9.59 Å². The van der Waals surface area contributed by atoms with Crippen LogP contribution in [-0.4, -0.2) is 51.8 Å². The van der Waals surface area contributed by atoms with Crippen LogP contribution >= 0.6 is 0 Å². The van der Waals surface area contributed by atoms with Crippen LogP contribution in [0.1, 0.15) is 24.2 Å². The highest BCUT2D eigenvalue weighted by atomic mass is 16.5. The molecule has 1 fully saturated rings. The number of hydrogen-bond acceptors (Lipinski definition) is 5. The summed E-state index contributed by atoms with van der Waals surface area (Å²) in [5, 5.41) is 6.89. The number of nitrogen functional groups attached to an aromatic ring is 1. The van der Waals surface area contributed by atoms with Crippen molar-refractivity contribution in [2.75, 3.05) is 24.1 Å². The highest BCUT2D eigenvalue weighted by molar-refractivity contribution is 6.07. The number of anilines is 2. The molecule has 26 heavy (non-hydrogen) atoms. The molecule has 2 amide bonds. The van der Waals surface area contributed by atoms with Crippen molar-refractivity contribution in [3.8, 4) is 0 Å². The maximum Gasteiger partial charge on any atom is 0.257 e. The average molecular weight is 357 g/mol. The van der Waals surface area contributed by atoms with Crippen LogP contribution in [0.4, 0.5) is 11.4 Å². The Morgan fingerprint density at radius 2 is 1.96 bits per heavy atom. The molecule has 8 nitrogen and oxygen atoms in total. The van der Waals surface area contributed by atoms with Gasteiger partial charge in [-0.25, -0.2) is 0 Å². The molecule has 8 heteroatoms. The fourth-order valence-corrected chi connectivity index (χ4v) is 3.04. The van der Waals surface area contributed by atoms with Crippen molar-refractivity contribution in [2.24, 2.45) is 0 Å². The number of hydrogen-bond donors (Lipinski definition) is 2. The number of ether oxygens (including phenoxy) is 1. The van der Waals surface area contributed by atoms with Crippen LogP contribution in [0.25, 0.3) is 0 Å². The minimum absolute atomic E-state index is 0.0199. The van der Waals surface area contributed by atoms with Gasteiger partial charge < -0.3 is 20.7 Å². The number of rotatable bonds is 4. The van der Waals surface area contributed by atoms with E-state index in [-0.39, 0.29) is 30.6 Å². The Balaban J connectivity index is 1.60. The highest BCUT2D eigenvalue weighted by Gasteiger charge is 2.26. The van der Waals surface area contributed by atoms with Gasteiger partial charge in [-0.3, -0.25) is 14.3 Å². The van der Waals surface area contributed by atoms with Crippen LogP contribution in [0.15, 0.2) is 36.7 Å². The molecule has 0 aliphatic carbocycles. The van der Waals surface area contributed by atoms with E-state index in [1.165, 1.54) is 10.9 Å². The first kappa shape index (κ1) is 17.9. The van der Waals surface area contributed by atoms with Crippen LogP contribution in [0.3, 0.4) is 0 Å². The number of para-hydroxylation sites is 1. The Hall–Kier alpha value is -2.87. The lowest BCUT2D eigenvalue weighted by atomic mass is 10.1. The van der Waals surface area contributed by atoms with E-state index >= 15 is 0 Å². The van der Waals surface area contributed by atoms with Gasteiger partial charge in [0, 0.05) is 25.0 Å². The van der Waals surface area contributed by atoms with Crippen LogP contribution in [0, 0.1) is 0 Å². The predicted molar refractivity (Wildman–Crippen MR) is 97.6 cm³/mol. The highest BCUT2D eigenvalue weighted by Crippen LogP contribution is 2.15. The lowest BCUT2D eigenvalue weighted by molar-refractivity contribution is -0.144. The molecule has 2 heterocycles.